The number of anilines is 2. The molecule has 0 aliphatic rings. The van der Waals surface area contributed by atoms with Crippen molar-refractivity contribution in [2.45, 2.75) is 6.42 Å². The number of rotatable bonds is 5. The van der Waals surface area contributed by atoms with Crippen LogP contribution in [0.2, 0.25) is 5.15 Å². The van der Waals surface area contributed by atoms with Crippen LogP contribution in [0.4, 0.5) is 11.8 Å². The minimum Gasteiger partial charge on any atom is -0.496 e. The molecule has 0 aliphatic heterocycles. The Hall–Kier alpha value is -2.01. The Morgan fingerprint density at radius 2 is 2.05 bits per heavy atom. The summed E-state index contributed by atoms with van der Waals surface area (Å²) in [6, 6.07) is 9.65. The molecule has 0 saturated heterocycles. The van der Waals surface area contributed by atoms with Crippen molar-refractivity contribution in [1.29, 1.82) is 0 Å². The molecule has 2 rings (SSSR count). The number of para-hydroxylation sites is 1. The fraction of sp³-hybridized carbons (Fsp3) is 0.286. The molecule has 6 heteroatoms. The Bertz CT molecular complexity index is 571. The Kier molecular flexibility index (Phi) is 4.63. The van der Waals surface area contributed by atoms with Gasteiger partial charge >= 0.3 is 0 Å². The van der Waals surface area contributed by atoms with Crippen LogP contribution in [0.1, 0.15) is 5.56 Å². The first-order chi connectivity index (χ1) is 9.60. The van der Waals surface area contributed by atoms with Crippen LogP contribution < -0.4 is 15.4 Å². The maximum Gasteiger partial charge on any atom is 0.223 e. The van der Waals surface area contributed by atoms with Gasteiger partial charge in [0.15, 0.2) is 0 Å². The Labute approximate surface area is 123 Å². The van der Waals surface area contributed by atoms with Gasteiger partial charge in [0.2, 0.25) is 5.95 Å². The number of likely N-dealkylation sites (N-methyl/N-ethyl adjacent to an activating group) is 1. The fourth-order valence-electron chi connectivity index (χ4n) is 1.93. The van der Waals surface area contributed by atoms with E-state index in [4.69, 9.17) is 22.1 Å². The molecule has 2 aromatic rings. The lowest BCUT2D eigenvalue weighted by Gasteiger charge is -2.19. The lowest BCUT2D eigenvalue weighted by atomic mass is 10.1. The van der Waals surface area contributed by atoms with Crippen LogP contribution in [0.15, 0.2) is 30.3 Å². The van der Waals surface area contributed by atoms with Crippen molar-refractivity contribution in [2.24, 2.45) is 0 Å². The summed E-state index contributed by atoms with van der Waals surface area (Å²) < 4.78 is 5.34. The van der Waals surface area contributed by atoms with Crippen molar-refractivity contribution in [3.8, 4) is 5.75 Å². The van der Waals surface area contributed by atoms with Crippen LogP contribution in [-0.4, -0.2) is 30.7 Å². The third kappa shape index (κ3) is 3.51. The second-order valence-corrected chi connectivity index (χ2v) is 4.78. The first-order valence-electron chi connectivity index (χ1n) is 6.23. The van der Waals surface area contributed by atoms with Gasteiger partial charge in [0.05, 0.1) is 7.11 Å². The van der Waals surface area contributed by atoms with Crippen LogP contribution >= 0.6 is 11.6 Å². The zero-order valence-electron chi connectivity index (χ0n) is 11.5. The molecule has 0 unspecified atom stereocenters. The first kappa shape index (κ1) is 14.4. The minimum atomic E-state index is 0.177. The number of nitrogens with zero attached hydrogens (tertiary/aromatic N) is 3. The fourth-order valence-corrected chi connectivity index (χ4v) is 2.11. The zero-order valence-corrected chi connectivity index (χ0v) is 12.3. The summed E-state index contributed by atoms with van der Waals surface area (Å²) in [6.07, 6.45) is 0.835. The number of nitrogens with two attached hydrogens (primary N) is 1. The third-order valence-corrected chi connectivity index (χ3v) is 3.19. The predicted octanol–water partition coefficient (Wildman–Crippen LogP) is 2.40. The number of nitrogen functional groups attached to an aromatic ring is 1. The lowest BCUT2D eigenvalue weighted by molar-refractivity contribution is 0.409. The molecule has 0 aliphatic carbocycles. The van der Waals surface area contributed by atoms with E-state index in [9.17, 15) is 0 Å². The molecule has 5 nitrogen and oxygen atoms in total. The second kappa shape index (κ2) is 6.43. The topological polar surface area (TPSA) is 64.3 Å². The van der Waals surface area contributed by atoms with Gasteiger partial charge in [0, 0.05) is 19.7 Å². The quantitative estimate of drug-likeness (QED) is 0.857. The van der Waals surface area contributed by atoms with Gasteiger partial charge in [-0.2, -0.15) is 4.98 Å². The number of halogens is 1. The number of hydrogen-bond acceptors (Lipinski definition) is 5. The number of hydrogen-bond donors (Lipinski definition) is 1. The molecule has 106 valence electrons. The van der Waals surface area contributed by atoms with Gasteiger partial charge < -0.3 is 15.4 Å². The smallest absolute Gasteiger partial charge is 0.223 e. The SMILES string of the molecule is COc1ccccc1CCN(C)c1cc(Cl)nc(N)n1. The molecule has 0 fully saturated rings. The van der Waals surface area contributed by atoms with Crippen molar-refractivity contribution in [2.75, 3.05) is 31.3 Å². The van der Waals surface area contributed by atoms with Crippen LogP contribution in [0.3, 0.4) is 0 Å². The van der Waals surface area contributed by atoms with E-state index in [1.54, 1.807) is 13.2 Å². The minimum absolute atomic E-state index is 0.177. The first-order valence-corrected chi connectivity index (χ1v) is 6.61. The summed E-state index contributed by atoms with van der Waals surface area (Å²) in [7, 11) is 3.61. The van der Waals surface area contributed by atoms with E-state index in [1.165, 1.54) is 0 Å². The van der Waals surface area contributed by atoms with Gasteiger partial charge in [0.25, 0.3) is 0 Å². The summed E-state index contributed by atoms with van der Waals surface area (Å²) in [6.45, 7) is 0.771. The van der Waals surface area contributed by atoms with Crippen LogP contribution in [-0.2, 0) is 6.42 Å². The van der Waals surface area contributed by atoms with Gasteiger partial charge in [-0.05, 0) is 18.1 Å². The highest BCUT2D eigenvalue weighted by atomic mass is 35.5. The highest BCUT2D eigenvalue weighted by molar-refractivity contribution is 6.29. The van der Waals surface area contributed by atoms with Crippen molar-refractivity contribution >= 4 is 23.4 Å². The molecule has 1 heterocycles. The molecule has 2 N–H and O–H groups in total. The Balaban J connectivity index is 2.06. The van der Waals surface area contributed by atoms with Gasteiger partial charge in [-0.25, -0.2) is 4.98 Å². The molecular formula is C14H17ClN4O. The molecule has 0 bridgehead atoms. The number of benzene rings is 1. The molecule has 0 radical (unpaired) electrons. The molecular weight excluding hydrogens is 276 g/mol. The van der Waals surface area contributed by atoms with E-state index in [1.807, 2.05) is 36.2 Å². The largest absolute Gasteiger partial charge is 0.496 e. The predicted molar refractivity (Wildman–Crippen MR) is 81.4 cm³/mol. The molecule has 0 spiro atoms. The average Bonchev–Trinajstić information content (AvgIpc) is 2.44. The summed E-state index contributed by atoms with van der Waals surface area (Å²) >= 11 is 5.88. The van der Waals surface area contributed by atoms with Crippen LogP contribution in [0.5, 0.6) is 5.75 Å². The van der Waals surface area contributed by atoms with E-state index in [0.717, 1.165) is 24.3 Å². The summed E-state index contributed by atoms with van der Waals surface area (Å²) in [4.78, 5) is 10.00. The molecule has 0 saturated carbocycles. The van der Waals surface area contributed by atoms with E-state index >= 15 is 0 Å². The van der Waals surface area contributed by atoms with Gasteiger partial charge in [-0.1, -0.05) is 29.8 Å². The maximum atomic E-state index is 5.88. The monoisotopic (exact) mass is 292 g/mol. The molecule has 20 heavy (non-hydrogen) atoms. The number of methoxy groups -OCH3 is 1. The highest BCUT2D eigenvalue weighted by Gasteiger charge is 2.08. The van der Waals surface area contributed by atoms with E-state index in [2.05, 4.69) is 9.97 Å². The number of ether oxygens (including phenoxy) is 1. The Morgan fingerprint density at radius 3 is 2.75 bits per heavy atom. The highest BCUT2D eigenvalue weighted by Crippen LogP contribution is 2.20. The summed E-state index contributed by atoms with van der Waals surface area (Å²) in [5.74, 6) is 1.77. The van der Waals surface area contributed by atoms with E-state index < -0.39 is 0 Å². The summed E-state index contributed by atoms with van der Waals surface area (Å²) in [5.41, 5.74) is 6.74. The molecule has 1 aromatic carbocycles. The van der Waals surface area contributed by atoms with Crippen molar-refractivity contribution < 1.29 is 4.74 Å². The van der Waals surface area contributed by atoms with Gasteiger partial charge in [0.1, 0.15) is 16.7 Å². The number of aromatic nitrogens is 2. The summed E-state index contributed by atoms with van der Waals surface area (Å²) in [5, 5.41) is 0.344. The standard InChI is InChI=1S/C14H17ClN4O/c1-19(13-9-12(15)17-14(16)18-13)8-7-10-5-3-4-6-11(10)20-2/h3-6,9H,7-8H2,1-2H3,(H2,16,17,18). The maximum absolute atomic E-state index is 5.88. The molecule has 1 aromatic heterocycles. The second-order valence-electron chi connectivity index (χ2n) is 4.39. The Morgan fingerprint density at radius 1 is 1.30 bits per heavy atom. The van der Waals surface area contributed by atoms with Crippen molar-refractivity contribution in [3.63, 3.8) is 0 Å². The van der Waals surface area contributed by atoms with Crippen molar-refractivity contribution in [3.05, 3.63) is 41.0 Å². The average molecular weight is 293 g/mol. The lowest BCUT2D eigenvalue weighted by Crippen LogP contribution is -2.22. The van der Waals surface area contributed by atoms with Crippen molar-refractivity contribution in [1.82, 2.24) is 9.97 Å². The molecule has 0 amide bonds. The van der Waals surface area contributed by atoms with E-state index in [-0.39, 0.29) is 5.95 Å². The zero-order chi connectivity index (χ0) is 14.5. The third-order valence-electron chi connectivity index (χ3n) is 3.00. The van der Waals surface area contributed by atoms with E-state index in [0.29, 0.717) is 11.0 Å². The van der Waals surface area contributed by atoms with Gasteiger partial charge in [-0.3, -0.25) is 0 Å². The normalized spacial score (nSPS) is 10.3. The van der Waals surface area contributed by atoms with Crippen LogP contribution in [0, 0.1) is 0 Å². The molecule has 0 atom stereocenters. The van der Waals surface area contributed by atoms with Gasteiger partial charge in [-0.15, -0.1) is 0 Å². The van der Waals surface area contributed by atoms with Crippen LogP contribution in [0.25, 0.3) is 0 Å².